The van der Waals surface area contributed by atoms with Crippen molar-refractivity contribution in [2.75, 3.05) is 6.54 Å². The zero-order valence-electron chi connectivity index (χ0n) is 13.2. The lowest BCUT2D eigenvalue weighted by molar-refractivity contribution is 0.383. The predicted molar refractivity (Wildman–Crippen MR) is 90.2 cm³/mol. The highest BCUT2D eigenvalue weighted by atomic mass is 32.2. The Morgan fingerprint density at radius 1 is 1.04 bits per heavy atom. The van der Waals surface area contributed by atoms with Gasteiger partial charge in [0.15, 0.2) is 0 Å². The molecule has 2 aromatic carbocycles. The molecule has 0 radical (unpaired) electrons. The van der Waals surface area contributed by atoms with Gasteiger partial charge in [-0.3, -0.25) is 0 Å². The van der Waals surface area contributed by atoms with E-state index in [1.165, 1.54) is 22.0 Å². The third kappa shape index (κ3) is 3.09. The average molecular weight is 346 g/mol. The van der Waals surface area contributed by atoms with Gasteiger partial charge in [-0.15, -0.1) is 0 Å². The third-order valence-corrected chi connectivity index (χ3v) is 6.42. The highest BCUT2D eigenvalue weighted by Crippen LogP contribution is 2.41. The Labute approximate surface area is 141 Å². The molecule has 126 valence electrons. The van der Waals surface area contributed by atoms with Crippen LogP contribution in [0.5, 0.6) is 0 Å². The summed E-state index contributed by atoms with van der Waals surface area (Å²) in [6.07, 6.45) is 1.50. The Bertz CT molecular complexity index is 852. The first-order chi connectivity index (χ1) is 11.5. The standard InChI is InChI=1S/C18H19FN2O2S/c19-16-7-5-14(6-8-16)17-11-18(17)20-24(22,23)21-10-9-13-3-1-2-4-15(13)12-21/h1-8,17-18,20H,9-12H2/t17-,18+/m1/s1. The third-order valence-electron chi connectivity index (χ3n) is 4.82. The topological polar surface area (TPSA) is 49.4 Å². The summed E-state index contributed by atoms with van der Waals surface area (Å²) in [4.78, 5) is 0. The normalized spacial score (nSPS) is 23.7. The molecule has 1 N–H and O–H groups in total. The molecule has 24 heavy (non-hydrogen) atoms. The van der Waals surface area contributed by atoms with Crippen LogP contribution in [-0.4, -0.2) is 25.3 Å². The molecular formula is C18H19FN2O2S. The van der Waals surface area contributed by atoms with E-state index in [2.05, 4.69) is 10.8 Å². The molecule has 2 aromatic rings. The maximum Gasteiger partial charge on any atom is 0.280 e. The van der Waals surface area contributed by atoms with Crippen molar-refractivity contribution >= 4 is 10.2 Å². The van der Waals surface area contributed by atoms with E-state index < -0.39 is 10.2 Å². The Kier molecular flexibility index (Phi) is 3.90. The number of nitrogens with one attached hydrogen (secondary N) is 1. The zero-order valence-corrected chi connectivity index (χ0v) is 14.0. The molecule has 6 heteroatoms. The number of benzene rings is 2. The summed E-state index contributed by atoms with van der Waals surface area (Å²) >= 11 is 0. The molecule has 0 spiro atoms. The van der Waals surface area contributed by atoms with Crippen molar-refractivity contribution in [3.8, 4) is 0 Å². The van der Waals surface area contributed by atoms with Crippen LogP contribution in [0.15, 0.2) is 48.5 Å². The molecule has 4 rings (SSSR count). The fourth-order valence-electron chi connectivity index (χ4n) is 3.34. The molecule has 0 unspecified atom stereocenters. The maximum atomic E-state index is 13.0. The second kappa shape index (κ2) is 5.95. The van der Waals surface area contributed by atoms with Crippen molar-refractivity contribution in [1.82, 2.24) is 9.03 Å². The van der Waals surface area contributed by atoms with Crippen LogP contribution in [0.4, 0.5) is 4.39 Å². The molecule has 1 aliphatic heterocycles. The Balaban J connectivity index is 1.43. The number of fused-ring (bicyclic) bond motifs is 1. The molecule has 2 atom stereocenters. The molecule has 1 heterocycles. The van der Waals surface area contributed by atoms with E-state index in [4.69, 9.17) is 0 Å². The van der Waals surface area contributed by atoms with Gasteiger partial charge in [0.1, 0.15) is 5.82 Å². The quantitative estimate of drug-likeness (QED) is 0.925. The minimum atomic E-state index is -3.50. The van der Waals surface area contributed by atoms with E-state index in [0.717, 1.165) is 24.0 Å². The summed E-state index contributed by atoms with van der Waals surface area (Å²) in [5.74, 6) is -0.138. The summed E-state index contributed by atoms with van der Waals surface area (Å²) in [5.41, 5.74) is 3.27. The molecule has 1 saturated carbocycles. The molecule has 0 saturated heterocycles. The van der Waals surface area contributed by atoms with Crippen molar-refractivity contribution in [3.05, 3.63) is 71.0 Å². The van der Waals surface area contributed by atoms with Gasteiger partial charge < -0.3 is 0 Å². The van der Waals surface area contributed by atoms with Crippen molar-refractivity contribution in [2.45, 2.75) is 31.3 Å². The van der Waals surface area contributed by atoms with Gasteiger partial charge in [-0.1, -0.05) is 36.4 Å². The minimum absolute atomic E-state index is 0.0994. The van der Waals surface area contributed by atoms with Gasteiger partial charge in [0.2, 0.25) is 0 Å². The van der Waals surface area contributed by atoms with Crippen LogP contribution in [0.25, 0.3) is 0 Å². The molecule has 4 nitrogen and oxygen atoms in total. The predicted octanol–water partition coefficient (Wildman–Crippen LogP) is 2.57. The number of nitrogens with zero attached hydrogens (tertiary/aromatic N) is 1. The highest BCUT2D eigenvalue weighted by molar-refractivity contribution is 7.87. The molecule has 2 aliphatic rings. The van der Waals surface area contributed by atoms with E-state index in [9.17, 15) is 12.8 Å². The monoisotopic (exact) mass is 346 g/mol. The van der Waals surface area contributed by atoms with Gasteiger partial charge in [0.25, 0.3) is 10.2 Å². The van der Waals surface area contributed by atoms with Gasteiger partial charge >= 0.3 is 0 Å². The molecule has 0 bridgehead atoms. The second-order valence-electron chi connectivity index (χ2n) is 6.48. The van der Waals surface area contributed by atoms with Crippen molar-refractivity contribution in [3.63, 3.8) is 0 Å². The van der Waals surface area contributed by atoms with E-state index in [1.54, 1.807) is 12.1 Å². The SMILES string of the molecule is O=S(=O)(N[C@H]1C[C@@H]1c1ccc(F)cc1)N1CCc2ccccc2C1. The fourth-order valence-corrected chi connectivity index (χ4v) is 4.78. The number of hydrogen-bond acceptors (Lipinski definition) is 2. The van der Waals surface area contributed by atoms with Crippen molar-refractivity contribution < 1.29 is 12.8 Å². The minimum Gasteiger partial charge on any atom is -0.207 e. The second-order valence-corrected chi connectivity index (χ2v) is 8.18. The lowest BCUT2D eigenvalue weighted by atomic mass is 10.0. The maximum absolute atomic E-state index is 13.0. The van der Waals surface area contributed by atoms with Crippen LogP contribution in [-0.2, 0) is 23.2 Å². The van der Waals surface area contributed by atoms with E-state index >= 15 is 0 Å². The van der Waals surface area contributed by atoms with Gasteiger partial charge in [-0.25, -0.2) is 4.39 Å². The van der Waals surface area contributed by atoms with Crippen molar-refractivity contribution in [1.29, 1.82) is 0 Å². The Morgan fingerprint density at radius 2 is 1.75 bits per heavy atom. The first-order valence-corrected chi connectivity index (χ1v) is 9.56. The Hall–Kier alpha value is -1.76. The summed E-state index contributed by atoms with van der Waals surface area (Å²) in [6.45, 7) is 0.916. The number of hydrogen-bond donors (Lipinski definition) is 1. The highest BCUT2D eigenvalue weighted by Gasteiger charge is 2.42. The first-order valence-electron chi connectivity index (χ1n) is 8.12. The Morgan fingerprint density at radius 3 is 2.50 bits per heavy atom. The van der Waals surface area contributed by atoms with E-state index in [-0.39, 0.29) is 17.8 Å². The largest absolute Gasteiger partial charge is 0.280 e. The van der Waals surface area contributed by atoms with Crippen LogP contribution >= 0.6 is 0 Å². The van der Waals surface area contributed by atoms with Crippen LogP contribution in [0.2, 0.25) is 0 Å². The first kappa shape index (κ1) is 15.7. The van der Waals surface area contributed by atoms with Gasteiger partial charge in [-0.05, 0) is 41.7 Å². The smallest absolute Gasteiger partial charge is 0.207 e. The van der Waals surface area contributed by atoms with Crippen LogP contribution in [0.3, 0.4) is 0 Å². The van der Waals surface area contributed by atoms with Crippen LogP contribution < -0.4 is 4.72 Å². The molecule has 0 amide bonds. The van der Waals surface area contributed by atoms with Gasteiger partial charge in [0, 0.05) is 25.0 Å². The number of rotatable bonds is 4. The van der Waals surface area contributed by atoms with E-state index in [0.29, 0.717) is 13.1 Å². The number of halogens is 1. The molecule has 1 fully saturated rings. The van der Waals surface area contributed by atoms with Gasteiger partial charge in [-0.2, -0.15) is 17.4 Å². The molecular weight excluding hydrogens is 327 g/mol. The zero-order chi connectivity index (χ0) is 16.7. The summed E-state index contributed by atoms with van der Waals surface area (Å²) in [6, 6.07) is 14.1. The van der Waals surface area contributed by atoms with Crippen LogP contribution in [0.1, 0.15) is 29.0 Å². The van der Waals surface area contributed by atoms with Gasteiger partial charge in [0.05, 0.1) is 0 Å². The summed E-state index contributed by atoms with van der Waals surface area (Å²) in [5, 5.41) is 0. The fraction of sp³-hybridized carbons (Fsp3) is 0.333. The molecule has 0 aromatic heterocycles. The lowest BCUT2D eigenvalue weighted by Crippen LogP contribution is -2.44. The summed E-state index contributed by atoms with van der Waals surface area (Å²) < 4.78 is 42.6. The van der Waals surface area contributed by atoms with Crippen molar-refractivity contribution in [2.24, 2.45) is 0 Å². The van der Waals surface area contributed by atoms with Crippen LogP contribution in [0, 0.1) is 5.82 Å². The van der Waals surface area contributed by atoms with E-state index in [1.807, 2.05) is 18.2 Å². The molecule has 1 aliphatic carbocycles. The summed E-state index contributed by atoms with van der Waals surface area (Å²) in [7, 11) is -3.50. The average Bonchev–Trinajstić information content (AvgIpc) is 3.33. The lowest BCUT2D eigenvalue weighted by Gasteiger charge is -2.28.